The molecule has 3 aromatic carbocycles. The molecule has 0 bridgehead atoms. The van der Waals surface area contributed by atoms with Gasteiger partial charge < -0.3 is 9.15 Å². The molecular formula is C23H19NO2. The summed E-state index contributed by atoms with van der Waals surface area (Å²) in [5.41, 5.74) is 7.74. The first-order valence-corrected chi connectivity index (χ1v) is 8.80. The zero-order valence-corrected chi connectivity index (χ0v) is 15.0. The largest absolute Gasteiger partial charge is 0.424 e. The van der Waals surface area contributed by atoms with Crippen LogP contribution in [0.1, 0.15) is 16.7 Å². The van der Waals surface area contributed by atoms with Crippen molar-refractivity contribution in [2.24, 2.45) is 0 Å². The Hall–Kier alpha value is -3.20. The van der Waals surface area contributed by atoms with Gasteiger partial charge >= 0.3 is 5.95 Å². The Balaban J connectivity index is 1.88. The van der Waals surface area contributed by atoms with Crippen molar-refractivity contribution in [3.05, 3.63) is 77.4 Å². The van der Waals surface area contributed by atoms with Crippen molar-refractivity contribution in [3.8, 4) is 11.7 Å². The summed E-state index contributed by atoms with van der Waals surface area (Å²) in [7, 11) is 0. The fraction of sp³-hybridized carbons (Fsp3) is 0.130. The maximum atomic E-state index is 6.11. The zero-order valence-electron chi connectivity index (χ0n) is 15.0. The Morgan fingerprint density at radius 2 is 1.46 bits per heavy atom. The number of ether oxygens (including phenoxy) is 1. The molecule has 0 unspecified atom stereocenters. The third-order valence-corrected chi connectivity index (χ3v) is 4.93. The van der Waals surface area contributed by atoms with Crippen LogP contribution in [0.4, 0.5) is 17.1 Å². The number of rotatable bonds is 1. The number of fused-ring (bicyclic) bond motifs is 4. The van der Waals surface area contributed by atoms with Crippen molar-refractivity contribution < 1.29 is 9.15 Å². The van der Waals surface area contributed by atoms with Crippen LogP contribution >= 0.6 is 0 Å². The van der Waals surface area contributed by atoms with Gasteiger partial charge in [0.05, 0.1) is 11.4 Å². The molecule has 0 atom stereocenters. The summed E-state index contributed by atoms with van der Waals surface area (Å²) in [5.74, 6) is 1.35. The molecule has 1 aromatic heterocycles. The van der Waals surface area contributed by atoms with Gasteiger partial charge in [-0.1, -0.05) is 42.0 Å². The molecule has 5 rings (SSSR count). The summed E-state index contributed by atoms with van der Waals surface area (Å²) in [4.78, 5) is 2.28. The van der Waals surface area contributed by atoms with Gasteiger partial charge in [0.25, 0.3) is 0 Å². The van der Waals surface area contributed by atoms with Crippen molar-refractivity contribution in [3.63, 3.8) is 0 Å². The van der Waals surface area contributed by atoms with Crippen molar-refractivity contribution in [1.82, 2.24) is 0 Å². The first kappa shape index (κ1) is 15.1. The van der Waals surface area contributed by atoms with Gasteiger partial charge in [0.1, 0.15) is 11.3 Å². The SMILES string of the molecule is Cc1cc(C)c(N2c3ccccc3Oc3oc4ccccc4c32)c(C)c1. The first-order chi connectivity index (χ1) is 12.6. The summed E-state index contributed by atoms with van der Waals surface area (Å²) in [5, 5.41) is 1.05. The van der Waals surface area contributed by atoms with E-state index in [-0.39, 0.29) is 0 Å². The minimum absolute atomic E-state index is 0.546. The second-order valence-corrected chi connectivity index (χ2v) is 6.89. The van der Waals surface area contributed by atoms with E-state index in [1.807, 2.05) is 36.4 Å². The molecule has 0 saturated heterocycles. The highest BCUT2D eigenvalue weighted by Crippen LogP contribution is 2.55. The van der Waals surface area contributed by atoms with E-state index in [0.717, 1.165) is 28.1 Å². The molecule has 0 fully saturated rings. The van der Waals surface area contributed by atoms with Crippen molar-refractivity contribution >= 4 is 28.0 Å². The summed E-state index contributed by atoms with van der Waals surface area (Å²) in [6.45, 7) is 6.46. The maximum Gasteiger partial charge on any atom is 0.316 e. The number of furan rings is 1. The van der Waals surface area contributed by atoms with Crippen molar-refractivity contribution in [2.45, 2.75) is 20.8 Å². The highest BCUT2D eigenvalue weighted by Gasteiger charge is 2.32. The molecule has 1 aliphatic rings. The molecule has 4 aromatic rings. The molecule has 0 aliphatic carbocycles. The Morgan fingerprint density at radius 3 is 2.27 bits per heavy atom. The van der Waals surface area contributed by atoms with Gasteiger partial charge in [-0.2, -0.15) is 0 Å². The van der Waals surface area contributed by atoms with E-state index in [1.165, 1.54) is 22.4 Å². The second kappa shape index (κ2) is 5.40. The fourth-order valence-electron chi connectivity index (χ4n) is 4.00. The van der Waals surface area contributed by atoms with Crippen molar-refractivity contribution in [2.75, 3.05) is 4.90 Å². The van der Waals surface area contributed by atoms with Crippen LogP contribution in [0.3, 0.4) is 0 Å². The molecule has 128 valence electrons. The first-order valence-electron chi connectivity index (χ1n) is 8.80. The lowest BCUT2D eigenvalue weighted by Gasteiger charge is -2.32. The van der Waals surface area contributed by atoms with Crippen LogP contribution < -0.4 is 9.64 Å². The summed E-state index contributed by atoms with van der Waals surface area (Å²) >= 11 is 0. The predicted octanol–water partition coefficient (Wildman–Crippen LogP) is 6.93. The molecule has 2 heterocycles. The van der Waals surface area contributed by atoms with Gasteiger partial charge in [0.2, 0.25) is 0 Å². The van der Waals surface area contributed by atoms with Crippen LogP contribution in [0.15, 0.2) is 65.1 Å². The fourth-order valence-corrected chi connectivity index (χ4v) is 4.00. The Labute approximate surface area is 152 Å². The highest BCUT2D eigenvalue weighted by molar-refractivity contribution is 6.02. The molecular weight excluding hydrogens is 322 g/mol. The van der Waals surface area contributed by atoms with E-state index >= 15 is 0 Å². The predicted molar refractivity (Wildman–Crippen MR) is 105 cm³/mol. The Bertz CT molecular complexity index is 1130. The summed E-state index contributed by atoms with van der Waals surface area (Å²) < 4.78 is 12.1. The normalized spacial score (nSPS) is 12.7. The van der Waals surface area contributed by atoms with E-state index in [9.17, 15) is 0 Å². The molecule has 3 heteroatoms. The van der Waals surface area contributed by atoms with Gasteiger partial charge in [-0.05, 0) is 56.2 Å². The standard InChI is InChI=1S/C23H19NO2/c1-14-12-15(2)21(16(3)13-14)24-18-9-5-7-11-20(18)26-23-22(24)17-8-4-6-10-19(17)25-23/h4-13H,1-3H3. The second-order valence-electron chi connectivity index (χ2n) is 6.89. The number of anilines is 3. The molecule has 1 aliphatic heterocycles. The minimum atomic E-state index is 0.546. The van der Waals surface area contributed by atoms with Crippen LogP contribution in [0.25, 0.3) is 11.0 Å². The number of para-hydroxylation sites is 3. The van der Waals surface area contributed by atoms with Gasteiger partial charge in [-0.3, -0.25) is 4.90 Å². The summed E-state index contributed by atoms with van der Waals surface area (Å²) in [6, 6.07) is 20.6. The topological polar surface area (TPSA) is 25.6 Å². The summed E-state index contributed by atoms with van der Waals surface area (Å²) in [6.07, 6.45) is 0. The molecule has 0 saturated carbocycles. The smallest absolute Gasteiger partial charge is 0.316 e. The molecule has 0 radical (unpaired) electrons. The van der Waals surface area contributed by atoms with Gasteiger partial charge in [-0.25, -0.2) is 0 Å². The van der Waals surface area contributed by atoms with Crippen LogP contribution in [-0.4, -0.2) is 0 Å². The van der Waals surface area contributed by atoms with E-state index in [2.05, 4.69) is 49.9 Å². The lowest BCUT2D eigenvalue weighted by molar-refractivity contribution is 0.357. The van der Waals surface area contributed by atoms with Crippen LogP contribution in [0.5, 0.6) is 11.7 Å². The average Bonchev–Trinajstić information content (AvgIpc) is 2.98. The zero-order chi connectivity index (χ0) is 17.8. The van der Waals surface area contributed by atoms with Gasteiger partial charge in [0.15, 0.2) is 5.75 Å². The number of aryl methyl sites for hydroxylation is 3. The monoisotopic (exact) mass is 341 g/mol. The number of hydrogen-bond acceptors (Lipinski definition) is 3. The highest BCUT2D eigenvalue weighted by atomic mass is 16.6. The average molecular weight is 341 g/mol. The number of hydrogen-bond donors (Lipinski definition) is 0. The van der Waals surface area contributed by atoms with E-state index in [4.69, 9.17) is 9.15 Å². The van der Waals surface area contributed by atoms with Crippen LogP contribution in [0, 0.1) is 20.8 Å². The molecule has 0 amide bonds. The van der Waals surface area contributed by atoms with E-state index in [1.54, 1.807) is 0 Å². The third-order valence-electron chi connectivity index (χ3n) is 4.93. The Kier molecular flexibility index (Phi) is 3.13. The Morgan fingerprint density at radius 1 is 0.769 bits per heavy atom. The lowest BCUT2D eigenvalue weighted by Crippen LogP contribution is -2.17. The molecule has 0 spiro atoms. The minimum Gasteiger partial charge on any atom is -0.424 e. The molecule has 3 nitrogen and oxygen atoms in total. The van der Waals surface area contributed by atoms with E-state index in [0.29, 0.717) is 5.95 Å². The molecule has 0 N–H and O–H groups in total. The quantitative estimate of drug-likeness (QED) is 0.330. The maximum absolute atomic E-state index is 6.11. The van der Waals surface area contributed by atoms with Crippen LogP contribution in [0.2, 0.25) is 0 Å². The van der Waals surface area contributed by atoms with Gasteiger partial charge in [0, 0.05) is 5.39 Å². The van der Waals surface area contributed by atoms with Gasteiger partial charge in [-0.15, -0.1) is 0 Å². The van der Waals surface area contributed by atoms with E-state index < -0.39 is 0 Å². The number of benzene rings is 3. The third kappa shape index (κ3) is 2.07. The number of nitrogens with zero attached hydrogens (tertiary/aromatic N) is 1. The van der Waals surface area contributed by atoms with Crippen LogP contribution in [-0.2, 0) is 0 Å². The molecule has 26 heavy (non-hydrogen) atoms. The lowest BCUT2D eigenvalue weighted by atomic mass is 10.0. The van der Waals surface area contributed by atoms with Crippen molar-refractivity contribution in [1.29, 1.82) is 0 Å².